The molecule has 0 N–H and O–H groups in total. The van der Waals surface area contributed by atoms with Crippen LogP contribution >= 0.6 is 0 Å². The van der Waals surface area contributed by atoms with Crippen molar-refractivity contribution in [3.63, 3.8) is 0 Å². The Morgan fingerprint density at radius 2 is 1.30 bits per heavy atom. The Morgan fingerprint density at radius 3 is 2.00 bits per heavy atom. The molecule has 0 aromatic rings. The number of fused-ring (bicyclic) bond motifs is 2. The maximum absolute atomic E-state index is 2.61. The molecule has 0 aliphatic heterocycles. The second-order valence-corrected chi connectivity index (χ2v) is 14.1. The van der Waals surface area contributed by atoms with E-state index in [-0.39, 0.29) is 0 Å². The molecule has 0 aromatic heterocycles. The Labute approximate surface area is 208 Å². The van der Waals surface area contributed by atoms with Crippen LogP contribution in [0.15, 0.2) is 0 Å². The summed E-state index contributed by atoms with van der Waals surface area (Å²) in [5.74, 6) is 11.8. The summed E-state index contributed by atoms with van der Waals surface area (Å²) in [6.07, 6.45) is 26.1. The number of hydrogen-bond donors (Lipinski definition) is 0. The minimum absolute atomic E-state index is 0.913. The van der Waals surface area contributed by atoms with Gasteiger partial charge in [0.15, 0.2) is 0 Å². The lowest BCUT2D eigenvalue weighted by atomic mass is 9.56. The standard InChI is InChI=1S/C23H42.C10H18/c1-5-6-9-21-17(4)15-20-8-7-10-22(20)23(21)19-13-11-18(12-14-19)16(2)3;1-8-6-7-9-4-2-3-5-10(8)9/h16-23H,5-15H2,1-4H3;8-10H,2-7H2,1H3. The monoisotopic (exact) mass is 456 g/mol. The van der Waals surface area contributed by atoms with Crippen LogP contribution in [0.1, 0.15) is 144 Å². The largest absolute Gasteiger partial charge is 0.0654 e. The first-order chi connectivity index (χ1) is 16.0. The first-order valence-corrected chi connectivity index (χ1v) is 16.0. The molecular weight excluding hydrogens is 396 g/mol. The van der Waals surface area contributed by atoms with Gasteiger partial charge >= 0.3 is 0 Å². The van der Waals surface area contributed by atoms with E-state index in [1.807, 2.05) is 0 Å². The Balaban J connectivity index is 0.000000214. The van der Waals surface area contributed by atoms with Crippen molar-refractivity contribution in [2.24, 2.45) is 65.1 Å². The van der Waals surface area contributed by atoms with Gasteiger partial charge in [0.1, 0.15) is 0 Å². The van der Waals surface area contributed by atoms with Crippen LogP contribution in [-0.2, 0) is 0 Å². The summed E-state index contributed by atoms with van der Waals surface area (Å²) in [5.41, 5.74) is 0. The van der Waals surface area contributed by atoms with Crippen molar-refractivity contribution in [1.82, 2.24) is 0 Å². The van der Waals surface area contributed by atoms with Crippen molar-refractivity contribution in [1.29, 1.82) is 0 Å². The van der Waals surface area contributed by atoms with Gasteiger partial charge < -0.3 is 0 Å². The predicted molar refractivity (Wildman–Crippen MR) is 145 cm³/mol. The summed E-state index contributed by atoms with van der Waals surface area (Å²) in [6.45, 7) is 12.3. The third kappa shape index (κ3) is 6.23. The minimum atomic E-state index is 0.913. The molecule has 0 nitrogen and oxygen atoms in total. The van der Waals surface area contributed by atoms with Gasteiger partial charge in [-0.1, -0.05) is 86.0 Å². The molecule has 33 heavy (non-hydrogen) atoms. The van der Waals surface area contributed by atoms with Crippen LogP contribution in [-0.4, -0.2) is 0 Å². The molecule has 0 bridgehead atoms. The van der Waals surface area contributed by atoms with E-state index in [0.29, 0.717) is 0 Å². The first-order valence-electron chi connectivity index (χ1n) is 16.0. The molecule has 0 amide bonds. The van der Waals surface area contributed by atoms with Gasteiger partial charge in [0.2, 0.25) is 0 Å². The Morgan fingerprint density at radius 1 is 0.636 bits per heavy atom. The van der Waals surface area contributed by atoms with E-state index >= 15 is 0 Å². The Kier molecular flexibility index (Phi) is 9.72. The van der Waals surface area contributed by atoms with Gasteiger partial charge in [0, 0.05) is 0 Å². The fourth-order valence-corrected chi connectivity index (χ4v) is 10.1. The first kappa shape index (κ1) is 26.1. The molecule has 0 heteroatoms. The van der Waals surface area contributed by atoms with Gasteiger partial charge in [-0.25, -0.2) is 0 Å². The van der Waals surface area contributed by atoms with E-state index in [1.54, 1.807) is 57.8 Å². The van der Waals surface area contributed by atoms with Gasteiger partial charge in [0.05, 0.1) is 0 Å². The maximum Gasteiger partial charge on any atom is -0.0324 e. The van der Waals surface area contributed by atoms with Crippen molar-refractivity contribution >= 4 is 0 Å². The van der Waals surface area contributed by atoms with E-state index in [0.717, 1.165) is 65.1 Å². The van der Waals surface area contributed by atoms with Crippen molar-refractivity contribution in [2.45, 2.75) is 144 Å². The second kappa shape index (κ2) is 12.3. The van der Waals surface area contributed by atoms with Gasteiger partial charge in [-0.2, -0.15) is 0 Å². The van der Waals surface area contributed by atoms with Gasteiger partial charge in [0.25, 0.3) is 0 Å². The molecule has 0 saturated heterocycles. The number of rotatable bonds is 5. The molecule has 5 saturated carbocycles. The van der Waals surface area contributed by atoms with Crippen molar-refractivity contribution in [3.8, 4) is 0 Å². The van der Waals surface area contributed by atoms with Crippen molar-refractivity contribution in [2.75, 3.05) is 0 Å². The minimum Gasteiger partial charge on any atom is -0.0654 e. The molecule has 8 atom stereocenters. The summed E-state index contributed by atoms with van der Waals surface area (Å²) < 4.78 is 0. The average Bonchev–Trinajstić information content (AvgIpc) is 3.44. The zero-order valence-electron chi connectivity index (χ0n) is 23.4. The third-order valence-corrected chi connectivity index (χ3v) is 12.0. The highest BCUT2D eigenvalue weighted by Crippen LogP contribution is 2.56. The third-order valence-electron chi connectivity index (χ3n) is 12.0. The highest BCUT2D eigenvalue weighted by atomic mass is 14.5. The zero-order valence-corrected chi connectivity index (χ0v) is 23.4. The SMILES string of the molecule is CC1CCC2CCCCC12.CCCCC1C(C)CC2CCCC2C1C1CCC(C(C)C)CC1. The van der Waals surface area contributed by atoms with E-state index < -0.39 is 0 Å². The van der Waals surface area contributed by atoms with Crippen LogP contribution in [0.2, 0.25) is 0 Å². The fourth-order valence-electron chi connectivity index (χ4n) is 10.1. The summed E-state index contributed by atoms with van der Waals surface area (Å²) in [4.78, 5) is 0. The van der Waals surface area contributed by atoms with Gasteiger partial charge in [-0.3, -0.25) is 0 Å². The fraction of sp³-hybridized carbons (Fsp3) is 1.00. The molecule has 0 radical (unpaired) electrons. The Hall–Kier alpha value is 0. The van der Waals surface area contributed by atoms with Crippen LogP contribution in [0.5, 0.6) is 0 Å². The zero-order chi connectivity index (χ0) is 23.4. The van der Waals surface area contributed by atoms with Crippen molar-refractivity contribution < 1.29 is 0 Å². The van der Waals surface area contributed by atoms with Crippen LogP contribution in [0.3, 0.4) is 0 Å². The van der Waals surface area contributed by atoms with Crippen LogP contribution in [0.4, 0.5) is 0 Å². The molecule has 5 aliphatic carbocycles. The summed E-state index contributed by atoms with van der Waals surface area (Å²) in [6, 6.07) is 0. The maximum atomic E-state index is 2.61. The molecule has 5 fully saturated rings. The summed E-state index contributed by atoms with van der Waals surface area (Å²) in [7, 11) is 0. The molecule has 0 spiro atoms. The molecule has 5 aliphatic rings. The molecule has 0 aromatic carbocycles. The highest BCUT2D eigenvalue weighted by Gasteiger charge is 2.47. The molecular formula is C33H60. The second-order valence-electron chi connectivity index (χ2n) is 14.1. The highest BCUT2D eigenvalue weighted by molar-refractivity contribution is 4.97. The van der Waals surface area contributed by atoms with Gasteiger partial charge in [-0.15, -0.1) is 0 Å². The van der Waals surface area contributed by atoms with E-state index in [2.05, 4.69) is 34.6 Å². The van der Waals surface area contributed by atoms with Crippen LogP contribution in [0, 0.1) is 65.1 Å². The normalized spacial score (nSPS) is 45.3. The van der Waals surface area contributed by atoms with Crippen LogP contribution < -0.4 is 0 Å². The van der Waals surface area contributed by atoms with E-state index in [4.69, 9.17) is 0 Å². The molecule has 192 valence electrons. The number of unbranched alkanes of at least 4 members (excludes halogenated alkanes) is 1. The quantitative estimate of drug-likeness (QED) is 0.386. The summed E-state index contributed by atoms with van der Waals surface area (Å²) >= 11 is 0. The summed E-state index contributed by atoms with van der Waals surface area (Å²) in [5, 5.41) is 0. The van der Waals surface area contributed by atoms with E-state index in [9.17, 15) is 0 Å². The topological polar surface area (TPSA) is 0 Å². The number of hydrogen-bond acceptors (Lipinski definition) is 0. The van der Waals surface area contributed by atoms with Gasteiger partial charge in [-0.05, 0) is 123 Å². The predicted octanol–water partition coefficient (Wildman–Crippen LogP) is 10.6. The molecule has 8 unspecified atom stereocenters. The van der Waals surface area contributed by atoms with Crippen LogP contribution in [0.25, 0.3) is 0 Å². The van der Waals surface area contributed by atoms with Crippen molar-refractivity contribution in [3.05, 3.63) is 0 Å². The molecule has 5 rings (SSSR count). The molecule has 0 heterocycles. The average molecular weight is 457 g/mol. The lowest BCUT2D eigenvalue weighted by molar-refractivity contribution is -0.00486. The Bertz CT molecular complexity index is 552. The van der Waals surface area contributed by atoms with E-state index in [1.165, 1.54) is 51.4 Å². The smallest absolute Gasteiger partial charge is 0.0324 e. The lowest BCUT2D eigenvalue weighted by Crippen LogP contribution is -2.42. The lowest BCUT2D eigenvalue weighted by Gasteiger charge is -2.50.